The summed E-state index contributed by atoms with van der Waals surface area (Å²) in [7, 11) is 0. The van der Waals surface area contributed by atoms with Crippen molar-refractivity contribution < 1.29 is 18.7 Å². The van der Waals surface area contributed by atoms with Gasteiger partial charge < -0.3 is 19.4 Å². The second-order valence-corrected chi connectivity index (χ2v) is 9.34. The summed E-state index contributed by atoms with van der Waals surface area (Å²) in [4.78, 5) is 39.2. The molecule has 0 radical (unpaired) electrons. The minimum absolute atomic E-state index is 0.0581. The van der Waals surface area contributed by atoms with E-state index in [0.29, 0.717) is 46.9 Å². The van der Waals surface area contributed by atoms with Gasteiger partial charge in [-0.1, -0.05) is 30.3 Å². The summed E-state index contributed by atoms with van der Waals surface area (Å²) in [6.07, 6.45) is 3.44. The molecule has 0 unspecified atom stereocenters. The third-order valence-corrected chi connectivity index (χ3v) is 7.11. The molecule has 8 nitrogen and oxygen atoms in total. The number of hydrogen-bond donors (Lipinski definition) is 2. The van der Waals surface area contributed by atoms with E-state index in [1.54, 1.807) is 36.5 Å². The van der Waals surface area contributed by atoms with Crippen molar-refractivity contribution in [1.82, 2.24) is 19.9 Å². The van der Waals surface area contributed by atoms with Gasteiger partial charge >= 0.3 is 0 Å². The maximum absolute atomic E-state index is 13.8. The molecule has 1 aliphatic heterocycles. The lowest BCUT2D eigenvalue weighted by Gasteiger charge is -2.30. The number of carbonyl (C=O) groups is 1. The number of halogens is 1. The lowest BCUT2D eigenvalue weighted by Crippen LogP contribution is -2.42. The molecule has 182 valence electrons. The number of H-pyrrole nitrogens is 1. The smallest absolute Gasteiger partial charge is 0.256 e. The molecule has 1 aliphatic carbocycles. The van der Waals surface area contributed by atoms with Crippen LogP contribution in [0.25, 0.3) is 11.3 Å². The van der Waals surface area contributed by atoms with Gasteiger partial charge in [-0.3, -0.25) is 9.59 Å². The van der Waals surface area contributed by atoms with Gasteiger partial charge in [0.05, 0.1) is 29.4 Å². The third kappa shape index (κ3) is 3.81. The normalized spacial score (nSPS) is 16.9. The highest BCUT2D eigenvalue weighted by molar-refractivity contribution is 5.82. The van der Waals surface area contributed by atoms with Gasteiger partial charge in [0.1, 0.15) is 11.6 Å². The largest absolute Gasteiger partial charge is 0.444 e. The van der Waals surface area contributed by atoms with E-state index in [4.69, 9.17) is 9.40 Å². The first-order valence-electron chi connectivity index (χ1n) is 11.8. The average molecular weight is 487 g/mol. The second kappa shape index (κ2) is 8.53. The minimum atomic E-state index is -1.39. The van der Waals surface area contributed by atoms with Gasteiger partial charge in [0.15, 0.2) is 18.3 Å². The Bertz CT molecular complexity index is 1510. The number of benzene rings is 2. The molecular weight excluding hydrogens is 463 g/mol. The number of carbonyl (C=O) groups excluding carboxylic acids is 1. The Balaban J connectivity index is 1.24. The van der Waals surface area contributed by atoms with Crippen molar-refractivity contribution in [1.29, 1.82) is 0 Å². The van der Waals surface area contributed by atoms with Crippen LogP contribution in [0.15, 0.2) is 70.3 Å². The molecule has 1 fully saturated rings. The zero-order valence-electron chi connectivity index (χ0n) is 19.3. The molecule has 0 bridgehead atoms. The number of aromatic nitrogens is 3. The molecule has 2 N–H and O–H groups in total. The number of fused-ring (bicyclic) bond motifs is 1. The Morgan fingerprint density at radius 3 is 2.78 bits per heavy atom. The fourth-order valence-electron chi connectivity index (χ4n) is 4.95. The number of rotatable bonds is 5. The number of oxazole rings is 1. The van der Waals surface area contributed by atoms with Crippen LogP contribution in [-0.4, -0.2) is 37.4 Å². The van der Waals surface area contributed by atoms with Crippen LogP contribution >= 0.6 is 0 Å². The summed E-state index contributed by atoms with van der Waals surface area (Å²) in [6, 6.07) is 13.3. The van der Waals surface area contributed by atoms with E-state index < -0.39 is 17.4 Å². The van der Waals surface area contributed by atoms with Crippen LogP contribution in [0.3, 0.4) is 0 Å². The van der Waals surface area contributed by atoms with Crippen LogP contribution in [0.5, 0.6) is 0 Å². The van der Waals surface area contributed by atoms with Crippen LogP contribution < -0.4 is 5.56 Å². The molecule has 2 aromatic heterocycles. The van der Waals surface area contributed by atoms with Crippen LogP contribution in [0.4, 0.5) is 4.39 Å². The quantitative estimate of drug-likeness (QED) is 0.448. The Morgan fingerprint density at radius 2 is 2.03 bits per heavy atom. The number of nitrogens with one attached hydrogen (secondary N) is 1. The summed E-state index contributed by atoms with van der Waals surface area (Å²) < 4.78 is 19.1. The first kappa shape index (κ1) is 22.4. The Hall–Kier alpha value is -4.11. The SMILES string of the molecule is O=C([C@H](O)c1cccc(-c2cnco2)c1)N1CCc2nc(C3(c4cccc(F)c4)CC3)[nH]c(=O)c2C1. The number of amides is 1. The summed E-state index contributed by atoms with van der Waals surface area (Å²) in [5.41, 5.74) is 2.19. The molecular formula is C27H23FN4O4. The van der Waals surface area contributed by atoms with Crippen molar-refractivity contribution in [3.63, 3.8) is 0 Å². The fraction of sp³-hybridized carbons (Fsp3) is 0.259. The Labute approximate surface area is 205 Å². The average Bonchev–Trinajstić information content (AvgIpc) is 3.53. The predicted molar refractivity (Wildman–Crippen MR) is 127 cm³/mol. The van der Waals surface area contributed by atoms with E-state index in [9.17, 15) is 19.1 Å². The van der Waals surface area contributed by atoms with Crippen LogP contribution in [-0.2, 0) is 23.2 Å². The maximum Gasteiger partial charge on any atom is 0.256 e. The molecule has 9 heteroatoms. The standard InChI is InChI=1S/C27H23FN4O4/c28-19-6-2-5-18(12-19)27(8-9-27)26-30-21-7-10-32(14-20(21)24(34)31-26)25(35)23(33)17-4-1-3-16(11-17)22-13-29-15-36-22/h1-6,11-13,15,23,33H,7-10,14H2,(H,30,31,34)/t23-/m1/s1. The fourth-order valence-corrected chi connectivity index (χ4v) is 4.95. The molecule has 1 amide bonds. The maximum atomic E-state index is 13.8. The zero-order valence-corrected chi connectivity index (χ0v) is 19.3. The van der Waals surface area contributed by atoms with Crippen molar-refractivity contribution >= 4 is 5.91 Å². The molecule has 6 rings (SSSR count). The number of aliphatic hydroxyl groups excluding tert-OH is 1. The monoisotopic (exact) mass is 486 g/mol. The lowest BCUT2D eigenvalue weighted by molar-refractivity contribution is -0.141. The van der Waals surface area contributed by atoms with E-state index in [2.05, 4.69) is 9.97 Å². The summed E-state index contributed by atoms with van der Waals surface area (Å²) in [6.45, 7) is 0.385. The summed E-state index contributed by atoms with van der Waals surface area (Å²) >= 11 is 0. The highest BCUT2D eigenvalue weighted by Gasteiger charge is 2.49. The van der Waals surface area contributed by atoms with Gasteiger partial charge in [-0.05, 0) is 42.2 Å². The molecule has 2 aromatic carbocycles. The van der Waals surface area contributed by atoms with E-state index in [0.717, 1.165) is 18.4 Å². The molecule has 0 saturated heterocycles. The number of aliphatic hydroxyl groups is 1. The third-order valence-electron chi connectivity index (χ3n) is 7.11. The van der Waals surface area contributed by atoms with Crippen molar-refractivity contribution in [2.45, 2.75) is 37.3 Å². The second-order valence-electron chi connectivity index (χ2n) is 9.34. The predicted octanol–water partition coefficient (Wildman–Crippen LogP) is 3.26. The van der Waals surface area contributed by atoms with Gasteiger partial charge in [0, 0.05) is 18.5 Å². The van der Waals surface area contributed by atoms with Gasteiger partial charge in [0.25, 0.3) is 11.5 Å². The molecule has 1 saturated carbocycles. The molecule has 0 spiro atoms. The van der Waals surface area contributed by atoms with Gasteiger partial charge in [-0.2, -0.15) is 0 Å². The molecule has 1 atom stereocenters. The molecule has 36 heavy (non-hydrogen) atoms. The van der Waals surface area contributed by atoms with Gasteiger partial charge in [0.2, 0.25) is 0 Å². The number of hydrogen-bond acceptors (Lipinski definition) is 6. The number of nitrogens with zero attached hydrogens (tertiary/aromatic N) is 3. The van der Waals surface area contributed by atoms with Crippen molar-refractivity contribution in [2.24, 2.45) is 0 Å². The molecule has 2 aliphatic rings. The first-order valence-corrected chi connectivity index (χ1v) is 11.8. The Kier molecular flexibility index (Phi) is 5.30. The minimum Gasteiger partial charge on any atom is -0.444 e. The molecule has 4 aromatic rings. The summed E-state index contributed by atoms with van der Waals surface area (Å²) in [5.74, 6) is 0.264. The van der Waals surface area contributed by atoms with Crippen molar-refractivity contribution in [3.05, 3.63) is 106 Å². The lowest BCUT2D eigenvalue weighted by atomic mass is 9.94. The van der Waals surface area contributed by atoms with Crippen LogP contribution in [0.2, 0.25) is 0 Å². The highest BCUT2D eigenvalue weighted by Crippen LogP contribution is 2.52. The van der Waals surface area contributed by atoms with E-state index >= 15 is 0 Å². The van der Waals surface area contributed by atoms with Crippen molar-refractivity contribution in [3.8, 4) is 11.3 Å². The topological polar surface area (TPSA) is 112 Å². The van der Waals surface area contributed by atoms with E-state index in [1.165, 1.54) is 23.4 Å². The summed E-state index contributed by atoms with van der Waals surface area (Å²) in [5, 5.41) is 10.8. The molecule has 3 heterocycles. The first-order chi connectivity index (χ1) is 17.4. The Morgan fingerprint density at radius 1 is 1.19 bits per heavy atom. The van der Waals surface area contributed by atoms with Crippen LogP contribution in [0, 0.1) is 5.82 Å². The van der Waals surface area contributed by atoms with Gasteiger partial charge in [-0.25, -0.2) is 14.4 Å². The van der Waals surface area contributed by atoms with Crippen molar-refractivity contribution in [2.75, 3.05) is 6.54 Å². The zero-order chi connectivity index (χ0) is 24.9. The van der Waals surface area contributed by atoms with Gasteiger partial charge in [-0.15, -0.1) is 0 Å². The van der Waals surface area contributed by atoms with Crippen LogP contribution in [0.1, 0.15) is 47.2 Å². The van der Waals surface area contributed by atoms with E-state index in [-0.39, 0.29) is 17.9 Å². The van der Waals surface area contributed by atoms with E-state index in [1.807, 2.05) is 6.07 Å². The highest BCUT2D eigenvalue weighted by atomic mass is 19.1. The number of aromatic amines is 1.